The highest BCUT2D eigenvalue weighted by atomic mass is 35.5. The molecule has 2 aromatic carbocycles. The molecule has 0 aliphatic carbocycles. The van der Waals surface area contributed by atoms with Crippen LogP contribution in [0.3, 0.4) is 0 Å². The molecule has 0 aliphatic rings. The number of nitrogens with zero attached hydrogens (tertiary/aromatic N) is 1. The molecule has 29 heavy (non-hydrogen) atoms. The molecule has 2 aromatic rings. The lowest BCUT2D eigenvalue weighted by Crippen LogP contribution is -2.47. The molecule has 1 N–H and O–H groups in total. The van der Waals surface area contributed by atoms with Crippen LogP contribution < -0.4 is 9.62 Å². The second kappa shape index (κ2) is 9.28. The number of methoxy groups -OCH3 is 1. The van der Waals surface area contributed by atoms with E-state index in [4.69, 9.17) is 11.6 Å². The highest BCUT2D eigenvalue weighted by molar-refractivity contribution is 7.92. The van der Waals surface area contributed by atoms with Crippen LogP contribution in [0.1, 0.15) is 29.3 Å². The molecule has 7 nitrogen and oxygen atoms in total. The highest BCUT2D eigenvalue weighted by Crippen LogP contribution is 2.27. The van der Waals surface area contributed by atoms with Gasteiger partial charge in [0.05, 0.1) is 35.3 Å². The molecule has 0 fully saturated rings. The van der Waals surface area contributed by atoms with Gasteiger partial charge in [-0.1, -0.05) is 30.7 Å². The standard InChI is InChI=1S/C20H23ClN2O5S/c1-5-18(23(29(4,26)27)15-8-6-7-13(2)11-15)19(24)22-17-12-14(20(25)28-3)9-10-16(17)21/h6-12,18H,5H2,1-4H3,(H,22,24). The van der Waals surface area contributed by atoms with E-state index in [-0.39, 0.29) is 22.7 Å². The number of benzene rings is 2. The molecule has 0 aromatic heterocycles. The molecule has 0 bridgehead atoms. The average molecular weight is 439 g/mol. The Labute approximate surface area is 175 Å². The number of rotatable bonds is 7. The predicted octanol–water partition coefficient (Wildman–Crippen LogP) is 3.62. The van der Waals surface area contributed by atoms with E-state index in [1.54, 1.807) is 25.1 Å². The van der Waals surface area contributed by atoms with Gasteiger partial charge in [-0.2, -0.15) is 0 Å². The van der Waals surface area contributed by atoms with Crippen LogP contribution in [0, 0.1) is 6.92 Å². The van der Waals surface area contributed by atoms with E-state index >= 15 is 0 Å². The van der Waals surface area contributed by atoms with E-state index in [0.717, 1.165) is 16.1 Å². The number of esters is 1. The van der Waals surface area contributed by atoms with Crippen molar-refractivity contribution in [1.29, 1.82) is 0 Å². The van der Waals surface area contributed by atoms with Crippen LogP contribution >= 0.6 is 11.6 Å². The number of carbonyl (C=O) groups is 2. The fraction of sp³-hybridized carbons (Fsp3) is 0.300. The van der Waals surface area contributed by atoms with Gasteiger partial charge in [-0.25, -0.2) is 13.2 Å². The Bertz CT molecular complexity index is 1020. The molecular weight excluding hydrogens is 416 g/mol. The normalized spacial score (nSPS) is 12.2. The number of hydrogen-bond acceptors (Lipinski definition) is 5. The van der Waals surface area contributed by atoms with Crippen LogP contribution in [-0.4, -0.2) is 39.7 Å². The fourth-order valence-corrected chi connectivity index (χ4v) is 4.28. The van der Waals surface area contributed by atoms with Crippen molar-refractivity contribution in [3.8, 4) is 0 Å². The molecule has 156 valence electrons. The van der Waals surface area contributed by atoms with Crippen LogP contribution in [0.2, 0.25) is 5.02 Å². The third-order valence-corrected chi connectivity index (χ3v) is 5.74. The second-order valence-electron chi connectivity index (χ2n) is 6.50. The quantitative estimate of drug-likeness (QED) is 0.666. The van der Waals surface area contributed by atoms with Crippen LogP contribution in [0.15, 0.2) is 42.5 Å². The first-order valence-electron chi connectivity index (χ1n) is 8.83. The average Bonchev–Trinajstić information content (AvgIpc) is 2.65. The van der Waals surface area contributed by atoms with E-state index < -0.39 is 27.9 Å². The summed E-state index contributed by atoms with van der Waals surface area (Å²) < 4.78 is 30.8. The second-order valence-corrected chi connectivity index (χ2v) is 8.76. The van der Waals surface area contributed by atoms with E-state index in [9.17, 15) is 18.0 Å². The van der Waals surface area contributed by atoms with Crippen LogP contribution in [0.4, 0.5) is 11.4 Å². The van der Waals surface area contributed by atoms with Crippen LogP contribution in [-0.2, 0) is 19.6 Å². The Kier molecular flexibility index (Phi) is 7.26. The first-order chi connectivity index (χ1) is 13.6. The first kappa shape index (κ1) is 22.7. The Morgan fingerprint density at radius 3 is 2.45 bits per heavy atom. The largest absolute Gasteiger partial charge is 0.465 e. The molecule has 1 atom stereocenters. The molecule has 0 saturated carbocycles. The number of carbonyl (C=O) groups excluding carboxylic acids is 2. The van der Waals surface area contributed by atoms with Crippen molar-refractivity contribution in [2.24, 2.45) is 0 Å². The van der Waals surface area contributed by atoms with Gasteiger partial charge in [0.2, 0.25) is 15.9 Å². The van der Waals surface area contributed by atoms with Gasteiger partial charge in [0.25, 0.3) is 0 Å². The van der Waals surface area contributed by atoms with Crippen LogP contribution in [0.25, 0.3) is 0 Å². The Hall–Kier alpha value is -2.58. The molecule has 1 unspecified atom stereocenters. The van der Waals surface area contributed by atoms with Gasteiger partial charge in [-0.15, -0.1) is 0 Å². The molecule has 1 amide bonds. The Morgan fingerprint density at radius 2 is 1.90 bits per heavy atom. The summed E-state index contributed by atoms with van der Waals surface area (Å²) in [7, 11) is -2.51. The summed E-state index contributed by atoms with van der Waals surface area (Å²) in [5.41, 5.74) is 1.65. The van der Waals surface area contributed by atoms with Crippen molar-refractivity contribution in [2.45, 2.75) is 26.3 Å². The predicted molar refractivity (Wildman–Crippen MR) is 114 cm³/mol. The van der Waals surface area contributed by atoms with Crippen molar-refractivity contribution in [3.63, 3.8) is 0 Å². The number of anilines is 2. The fourth-order valence-electron chi connectivity index (χ4n) is 2.91. The van der Waals surface area contributed by atoms with E-state index in [2.05, 4.69) is 10.1 Å². The van der Waals surface area contributed by atoms with E-state index in [0.29, 0.717) is 5.69 Å². The zero-order valence-corrected chi connectivity index (χ0v) is 18.2. The first-order valence-corrected chi connectivity index (χ1v) is 11.1. The Balaban J connectivity index is 2.42. The lowest BCUT2D eigenvalue weighted by molar-refractivity contribution is -0.117. The van der Waals surface area contributed by atoms with Gasteiger partial charge in [0, 0.05) is 0 Å². The number of ether oxygens (including phenoxy) is 1. The number of nitrogens with one attached hydrogen (secondary N) is 1. The van der Waals surface area contributed by atoms with Crippen molar-refractivity contribution >= 4 is 44.9 Å². The lowest BCUT2D eigenvalue weighted by Gasteiger charge is -2.30. The van der Waals surface area contributed by atoms with Crippen molar-refractivity contribution in [2.75, 3.05) is 23.0 Å². The molecule has 9 heteroatoms. The van der Waals surface area contributed by atoms with E-state index in [1.807, 2.05) is 13.0 Å². The molecule has 0 heterocycles. The number of sulfonamides is 1. The summed E-state index contributed by atoms with van der Waals surface area (Å²) in [6.07, 6.45) is 1.28. The highest BCUT2D eigenvalue weighted by Gasteiger charge is 2.32. The topological polar surface area (TPSA) is 92.8 Å². The molecule has 0 spiro atoms. The SMILES string of the molecule is CCC(C(=O)Nc1cc(C(=O)OC)ccc1Cl)N(c1cccc(C)c1)S(C)(=O)=O. The number of hydrogen-bond donors (Lipinski definition) is 1. The molecule has 0 saturated heterocycles. The zero-order chi connectivity index (χ0) is 21.8. The minimum Gasteiger partial charge on any atom is -0.465 e. The molecule has 2 rings (SSSR count). The summed E-state index contributed by atoms with van der Waals surface area (Å²) in [5.74, 6) is -1.15. The monoisotopic (exact) mass is 438 g/mol. The summed E-state index contributed by atoms with van der Waals surface area (Å²) in [5, 5.41) is 2.84. The van der Waals surface area contributed by atoms with Crippen LogP contribution in [0.5, 0.6) is 0 Å². The number of halogens is 1. The van der Waals surface area contributed by atoms with E-state index in [1.165, 1.54) is 25.3 Å². The van der Waals surface area contributed by atoms with Crippen molar-refractivity contribution < 1.29 is 22.7 Å². The summed E-state index contributed by atoms with van der Waals surface area (Å²) in [4.78, 5) is 24.7. The number of amides is 1. The minimum atomic E-state index is -3.75. The van der Waals surface area contributed by atoms with Gasteiger partial charge in [0.1, 0.15) is 6.04 Å². The Morgan fingerprint density at radius 1 is 1.21 bits per heavy atom. The van der Waals surface area contributed by atoms with Gasteiger partial charge >= 0.3 is 5.97 Å². The van der Waals surface area contributed by atoms with Crippen molar-refractivity contribution in [3.05, 3.63) is 58.6 Å². The molecule has 0 aliphatic heterocycles. The summed E-state index contributed by atoms with van der Waals surface area (Å²) in [6.45, 7) is 3.55. The minimum absolute atomic E-state index is 0.190. The smallest absolute Gasteiger partial charge is 0.337 e. The van der Waals surface area contributed by atoms with Crippen molar-refractivity contribution in [1.82, 2.24) is 0 Å². The van der Waals surface area contributed by atoms with Gasteiger partial charge < -0.3 is 10.1 Å². The maximum atomic E-state index is 13.0. The maximum absolute atomic E-state index is 13.0. The zero-order valence-electron chi connectivity index (χ0n) is 16.6. The molecule has 0 radical (unpaired) electrons. The third-order valence-electron chi connectivity index (χ3n) is 4.23. The maximum Gasteiger partial charge on any atom is 0.337 e. The summed E-state index contributed by atoms with van der Waals surface area (Å²) in [6, 6.07) is 10.2. The van der Waals surface area contributed by atoms with Gasteiger partial charge in [-0.05, 0) is 49.2 Å². The third kappa shape index (κ3) is 5.48. The number of aryl methyl sites for hydroxylation is 1. The lowest BCUT2D eigenvalue weighted by atomic mass is 10.1. The summed E-state index contributed by atoms with van der Waals surface area (Å²) >= 11 is 6.14. The van der Waals surface area contributed by atoms with Gasteiger partial charge in [0.15, 0.2) is 0 Å². The van der Waals surface area contributed by atoms with Gasteiger partial charge in [-0.3, -0.25) is 9.10 Å². The molecular formula is C20H23ClN2O5S.